The van der Waals surface area contributed by atoms with Crippen LogP contribution >= 0.6 is 35.0 Å². The van der Waals surface area contributed by atoms with Gasteiger partial charge in [-0.3, -0.25) is 4.79 Å². The second-order valence-electron chi connectivity index (χ2n) is 2.75. The SMILES string of the molecule is O=C(CCl)S[C@@H]1CS(=O)(=O)C[C@@H]1Cl. The maximum atomic E-state index is 11.1. The summed E-state index contributed by atoms with van der Waals surface area (Å²) >= 11 is 12.0. The minimum absolute atomic E-state index is 0.0194. The van der Waals surface area contributed by atoms with Gasteiger partial charge in [-0.25, -0.2) is 8.42 Å². The molecule has 0 aromatic rings. The zero-order valence-corrected chi connectivity index (χ0v) is 9.72. The third-order valence-electron chi connectivity index (χ3n) is 1.63. The fourth-order valence-electron chi connectivity index (χ4n) is 1.08. The van der Waals surface area contributed by atoms with Gasteiger partial charge in [0.25, 0.3) is 0 Å². The van der Waals surface area contributed by atoms with Crippen LogP contribution in [0, 0.1) is 0 Å². The van der Waals surface area contributed by atoms with Crippen molar-refractivity contribution in [2.75, 3.05) is 17.4 Å². The third-order valence-corrected chi connectivity index (χ3v) is 5.97. The fraction of sp³-hybridized carbons (Fsp3) is 0.833. The zero-order valence-electron chi connectivity index (χ0n) is 6.57. The Morgan fingerprint density at radius 3 is 2.46 bits per heavy atom. The number of carbonyl (C=O) groups excluding carboxylic acids is 1. The molecule has 0 bridgehead atoms. The summed E-state index contributed by atoms with van der Waals surface area (Å²) in [5.74, 6) is -0.166. The van der Waals surface area contributed by atoms with Gasteiger partial charge in [0.2, 0.25) is 5.12 Å². The van der Waals surface area contributed by atoms with Gasteiger partial charge in [0, 0.05) is 5.25 Å². The minimum atomic E-state index is -3.05. The Hall–Kier alpha value is 0.550. The summed E-state index contributed by atoms with van der Waals surface area (Å²) in [5, 5.41) is -1.03. The van der Waals surface area contributed by atoms with Crippen LogP contribution in [0.3, 0.4) is 0 Å². The monoisotopic (exact) mass is 262 g/mol. The van der Waals surface area contributed by atoms with Gasteiger partial charge in [0.05, 0.1) is 22.8 Å². The van der Waals surface area contributed by atoms with Crippen LogP contribution < -0.4 is 0 Å². The number of alkyl halides is 2. The molecule has 0 N–H and O–H groups in total. The third kappa shape index (κ3) is 3.31. The predicted molar refractivity (Wildman–Crippen MR) is 55.4 cm³/mol. The molecule has 0 aliphatic carbocycles. The van der Waals surface area contributed by atoms with E-state index in [0.717, 1.165) is 11.8 Å². The van der Waals surface area contributed by atoms with E-state index >= 15 is 0 Å². The van der Waals surface area contributed by atoms with E-state index in [4.69, 9.17) is 23.2 Å². The molecule has 7 heteroatoms. The molecule has 0 unspecified atom stereocenters. The highest BCUT2D eigenvalue weighted by atomic mass is 35.5. The molecule has 0 radical (unpaired) electrons. The lowest BCUT2D eigenvalue weighted by atomic mass is 10.4. The second kappa shape index (κ2) is 4.38. The molecule has 0 saturated carbocycles. The molecule has 1 aliphatic rings. The second-order valence-corrected chi connectivity index (χ2v) is 7.03. The summed E-state index contributed by atoms with van der Waals surface area (Å²) in [6.07, 6.45) is 0. The Morgan fingerprint density at radius 2 is 2.08 bits per heavy atom. The van der Waals surface area contributed by atoms with Crippen molar-refractivity contribution in [3.63, 3.8) is 0 Å². The molecule has 1 aliphatic heterocycles. The smallest absolute Gasteiger partial charge is 0.204 e. The van der Waals surface area contributed by atoms with E-state index in [-0.39, 0.29) is 27.8 Å². The Morgan fingerprint density at radius 1 is 1.46 bits per heavy atom. The Labute approximate surface area is 91.1 Å². The lowest BCUT2D eigenvalue weighted by molar-refractivity contribution is -0.108. The number of rotatable bonds is 2. The molecule has 76 valence electrons. The van der Waals surface area contributed by atoms with Gasteiger partial charge < -0.3 is 0 Å². The molecule has 13 heavy (non-hydrogen) atoms. The molecular weight excluding hydrogens is 255 g/mol. The molecule has 1 heterocycles. The van der Waals surface area contributed by atoms with E-state index in [1.165, 1.54) is 0 Å². The van der Waals surface area contributed by atoms with Crippen LogP contribution in [0.5, 0.6) is 0 Å². The summed E-state index contributed by atoms with van der Waals surface area (Å²) in [7, 11) is -3.05. The highest BCUT2D eigenvalue weighted by molar-refractivity contribution is 8.15. The summed E-state index contributed by atoms with van der Waals surface area (Å²) < 4.78 is 22.2. The van der Waals surface area contributed by atoms with Crippen molar-refractivity contribution in [3.05, 3.63) is 0 Å². The first kappa shape index (κ1) is 11.6. The van der Waals surface area contributed by atoms with E-state index in [0.29, 0.717) is 0 Å². The molecule has 0 aromatic heterocycles. The summed E-state index contributed by atoms with van der Waals surface area (Å²) in [4.78, 5) is 10.9. The van der Waals surface area contributed by atoms with E-state index in [1.54, 1.807) is 0 Å². The average molecular weight is 263 g/mol. The molecule has 2 atom stereocenters. The van der Waals surface area contributed by atoms with E-state index in [1.807, 2.05) is 0 Å². The van der Waals surface area contributed by atoms with Gasteiger partial charge in [0.1, 0.15) is 0 Å². The molecule has 1 saturated heterocycles. The van der Waals surface area contributed by atoms with Crippen LogP contribution in [-0.2, 0) is 14.6 Å². The van der Waals surface area contributed by atoms with E-state index in [9.17, 15) is 13.2 Å². The van der Waals surface area contributed by atoms with E-state index in [2.05, 4.69) is 0 Å². The number of sulfone groups is 1. The highest BCUT2D eigenvalue weighted by Gasteiger charge is 2.37. The number of halogens is 2. The summed E-state index contributed by atoms with van der Waals surface area (Å²) in [5.41, 5.74) is 0. The maximum Gasteiger partial charge on any atom is 0.204 e. The number of hydrogen-bond acceptors (Lipinski definition) is 4. The van der Waals surface area contributed by atoms with Gasteiger partial charge in [-0.2, -0.15) is 0 Å². The van der Waals surface area contributed by atoms with Crippen LogP contribution in [0.2, 0.25) is 0 Å². The van der Waals surface area contributed by atoms with Crippen molar-refractivity contribution < 1.29 is 13.2 Å². The highest BCUT2D eigenvalue weighted by Crippen LogP contribution is 2.29. The normalized spacial score (nSPS) is 31.8. The zero-order chi connectivity index (χ0) is 10.1. The molecule has 3 nitrogen and oxygen atoms in total. The van der Waals surface area contributed by atoms with Crippen LogP contribution in [-0.4, -0.2) is 41.5 Å². The fourth-order valence-corrected chi connectivity index (χ4v) is 5.44. The van der Waals surface area contributed by atoms with Crippen molar-refractivity contribution in [1.82, 2.24) is 0 Å². The van der Waals surface area contributed by atoms with Crippen LogP contribution in [0.1, 0.15) is 0 Å². The predicted octanol–water partition coefficient (Wildman–Crippen LogP) is 0.889. The quantitative estimate of drug-likeness (QED) is 0.694. The molecule has 0 spiro atoms. The lowest BCUT2D eigenvalue weighted by Crippen LogP contribution is -2.17. The van der Waals surface area contributed by atoms with Gasteiger partial charge in [-0.15, -0.1) is 23.2 Å². The molecule has 1 rings (SSSR count). The van der Waals surface area contributed by atoms with Crippen molar-refractivity contribution in [1.29, 1.82) is 0 Å². The first-order valence-electron chi connectivity index (χ1n) is 3.54. The number of thioether (sulfide) groups is 1. The topological polar surface area (TPSA) is 51.2 Å². The van der Waals surface area contributed by atoms with Crippen molar-refractivity contribution >= 4 is 49.9 Å². The minimum Gasteiger partial charge on any atom is -0.286 e. The van der Waals surface area contributed by atoms with Gasteiger partial charge in [0.15, 0.2) is 9.84 Å². The Kier molecular flexibility index (Phi) is 3.92. The standard InChI is InChI=1S/C6H8Cl2O3S2/c7-1-6(9)12-5-3-13(10,11)2-4(5)8/h4-5H,1-3H2/t4-,5+/m0/s1. The molecule has 0 aromatic carbocycles. The first-order chi connectivity index (χ1) is 5.94. The average Bonchev–Trinajstić information content (AvgIpc) is 2.24. The summed E-state index contributed by atoms with van der Waals surface area (Å²) in [6.45, 7) is 0. The summed E-state index contributed by atoms with van der Waals surface area (Å²) in [6, 6.07) is 0. The van der Waals surface area contributed by atoms with Crippen molar-refractivity contribution in [3.8, 4) is 0 Å². The van der Waals surface area contributed by atoms with Crippen molar-refractivity contribution in [2.24, 2.45) is 0 Å². The molecule has 0 amide bonds. The number of hydrogen-bond donors (Lipinski definition) is 0. The molecule has 1 fully saturated rings. The largest absolute Gasteiger partial charge is 0.286 e. The maximum absolute atomic E-state index is 11.1. The van der Waals surface area contributed by atoms with Gasteiger partial charge >= 0.3 is 0 Å². The van der Waals surface area contributed by atoms with Crippen LogP contribution in [0.4, 0.5) is 0 Å². The Bertz CT molecular complexity index is 301. The van der Waals surface area contributed by atoms with E-state index < -0.39 is 15.2 Å². The molecular formula is C6H8Cl2O3S2. The lowest BCUT2D eigenvalue weighted by Gasteiger charge is -2.07. The Balaban J connectivity index is 2.59. The number of carbonyl (C=O) groups is 1. The van der Waals surface area contributed by atoms with Gasteiger partial charge in [-0.05, 0) is 0 Å². The van der Waals surface area contributed by atoms with Crippen LogP contribution in [0.15, 0.2) is 0 Å². The van der Waals surface area contributed by atoms with Gasteiger partial charge in [-0.1, -0.05) is 11.8 Å². The van der Waals surface area contributed by atoms with Crippen LogP contribution in [0.25, 0.3) is 0 Å². The van der Waals surface area contributed by atoms with Crippen molar-refractivity contribution in [2.45, 2.75) is 10.6 Å². The first-order valence-corrected chi connectivity index (χ1v) is 7.22.